The average Bonchev–Trinajstić information content (AvgIpc) is 2.71. The molecule has 0 saturated heterocycles. The molecule has 0 aliphatic rings. The molecule has 0 aliphatic carbocycles. The van der Waals surface area contributed by atoms with E-state index in [2.05, 4.69) is 20.2 Å². The van der Waals surface area contributed by atoms with Crippen molar-refractivity contribution in [2.45, 2.75) is 32.0 Å². The predicted molar refractivity (Wildman–Crippen MR) is 57.1 cm³/mol. The van der Waals surface area contributed by atoms with Gasteiger partial charge in [0.25, 0.3) is 0 Å². The van der Waals surface area contributed by atoms with Crippen molar-refractivity contribution in [3.63, 3.8) is 0 Å². The summed E-state index contributed by atoms with van der Waals surface area (Å²) in [4.78, 5) is 4.05. The highest BCUT2D eigenvalue weighted by molar-refractivity contribution is 4.88. The molecule has 0 radical (unpaired) electrons. The van der Waals surface area contributed by atoms with Crippen LogP contribution in [0.4, 0.5) is 13.2 Å². The average molecular weight is 267 g/mol. The topological polar surface area (TPSA) is 60.2 Å². The Kier molecular flexibility index (Phi) is 5.54. The second kappa shape index (κ2) is 6.69. The molecule has 8 heteroatoms. The zero-order valence-corrected chi connectivity index (χ0v) is 10.3. The van der Waals surface area contributed by atoms with E-state index in [4.69, 9.17) is 4.52 Å². The molecule has 18 heavy (non-hydrogen) atoms. The number of hydrogen-bond donors (Lipinski definition) is 1. The molecule has 1 aromatic rings. The van der Waals surface area contributed by atoms with Gasteiger partial charge in [0.05, 0.1) is 6.61 Å². The summed E-state index contributed by atoms with van der Waals surface area (Å²) in [5.74, 6) is 0.818. The van der Waals surface area contributed by atoms with Gasteiger partial charge in [0.1, 0.15) is 6.61 Å². The molecule has 5 nitrogen and oxygen atoms in total. The SMILES string of the molecule is CNC(C)Cc1nc(CCOCC(F)(F)F)no1. The fourth-order valence-electron chi connectivity index (χ4n) is 1.19. The Hall–Kier alpha value is -1.15. The van der Waals surface area contributed by atoms with Gasteiger partial charge in [-0.05, 0) is 14.0 Å². The first-order valence-corrected chi connectivity index (χ1v) is 5.54. The van der Waals surface area contributed by atoms with Crippen LogP contribution in [0.1, 0.15) is 18.6 Å². The van der Waals surface area contributed by atoms with Gasteiger partial charge in [-0.3, -0.25) is 0 Å². The van der Waals surface area contributed by atoms with Crippen molar-refractivity contribution in [3.05, 3.63) is 11.7 Å². The summed E-state index contributed by atoms with van der Waals surface area (Å²) < 4.78 is 44.8. The standard InChI is InChI=1S/C10H16F3N3O2/c1-7(14-2)5-9-15-8(16-18-9)3-4-17-6-10(11,12)13/h7,14H,3-6H2,1-2H3. The maximum absolute atomic E-state index is 11.8. The van der Waals surface area contributed by atoms with Crippen LogP contribution in [-0.4, -0.2) is 42.6 Å². The molecule has 0 aromatic carbocycles. The van der Waals surface area contributed by atoms with E-state index in [9.17, 15) is 13.2 Å². The Morgan fingerprint density at radius 3 is 2.78 bits per heavy atom. The number of nitrogens with one attached hydrogen (secondary N) is 1. The van der Waals surface area contributed by atoms with Crippen LogP contribution >= 0.6 is 0 Å². The maximum Gasteiger partial charge on any atom is 0.411 e. The van der Waals surface area contributed by atoms with Gasteiger partial charge in [-0.25, -0.2) is 0 Å². The Balaban J connectivity index is 2.27. The third kappa shape index (κ3) is 5.97. The lowest BCUT2D eigenvalue weighted by molar-refractivity contribution is -0.173. The molecule has 0 fully saturated rings. The smallest absolute Gasteiger partial charge is 0.372 e. The zero-order chi connectivity index (χ0) is 13.6. The normalized spacial score (nSPS) is 13.8. The lowest BCUT2D eigenvalue weighted by Crippen LogP contribution is -2.23. The van der Waals surface area contributed by atoms with Crippen LogP contribution in [0.3, 0.4) is 0 Å². The largest absolute Gasteiger partial charge is 0.411 e. The summed E-state index contributed by atoms with van der Waals surface area (Å²) in [6.45, 7) is 0.616. The molecule has 0 aliphatic heterocycles. The van der Waals surface area contributed by atoms with Gasteiger partial charge < -0.3 is 14.6 Å². The summed E-state index contributed by atoms with van der Waals surface area (Å²) in [7, 11) is 1.81. The highest BCUT2D eigenvalue weighted by atomic mass is 19.4. The van der Waals surface area contributed by atoms with Crippen LogP contribution in [-0.2, 0) is 17.6 Å². The van der Waals surface area contributed by atoms with E-state index in [0.29, 0.717) is 18.1 Å². The van der Waals surface area contributed by atoms with E-state index in [1.807, 2.05) is 14.0 Å². The minimum absolute atomic E-state index is 0.0833. The summed E-state index contributed by atoms with van der Waals surface area (Å²) in [5, 5.41) is 6.68. The number of hydrogen-bond acceptors (Lipinski definition) is 5. The summed E-state index contributed by atoms with van der Waals surface area (Å²) in [6.07, 6.45) is -3.52. The molecule has 1 N–H and O–H groups in total. The third-order valence-corrected chi connectivity index (χ3v) is 2.22. The predicted octanol–water partition coefficient (Wildman–Crippen LogP) is 1.34. The van der Waals surface area contributed by atoms with Crippen LogP contribution in [0.25, 0.3) is 0 Å². The Bertz CT molecular complexity index is 354. The van der Waals surface area contributed by atoms with Crippen LogP contribution in [0.15, 0.2) is 4.52 Å². The maximum atomic E-state index is 11.8. The molecule has 0 spiro atoms. The summed E-state index contributed by atoms with van der Waals surface area (Å²) in [5.41, 5.74) is 0. The van der Waals surface area contributed by atoms with Gasteiger partial charge in [0.15, 0.2) is 5.82 Å². The van der Waals surface area contributed by atoms with Crippen LogP contribution in [0, 0.1) is 0 Å². The molecule has 104 valence electrons. The number of nitrogens with zero attached hydrogens (tertiary/aromatic N) is 2. The van der Waals surface area contributed by atoms with Crippen molar-refractivity contribution in [2.24, 2.45) is 0 Å². The van der Waals surface area contributed by atoms with Gasteiger partial charge in [-0.1, -0.05) is 5.16 Å². The molecular formula is C10H16F3N3O2. The fraction of sp³-hybridized carbons (Fsp3) is 0.800. The minimum Gasteiger partial charge on any atom is -0.372 e. The van der Waals surface area contributed by atoms with Crippen molar-refractivity contribution < 1.29 is 22.4 Å². The number of aromatic nitrogens is 2. The lowest BCUT2D eigenvalue weighted by atomic mass is 10.2. The molecule has 0 bridgehead atoms. The number of alkyl halides is 3. The van der Waals surface area contributed by atoms with E-state index in [1.165, 1.54) is 0 Å². The monoisotopic (exact) mass is 267 g/mol. The zero-order valence-electron chi connectivity index (χ0n) is 10.3. The van der Waals surface area contributed by atoms with Crippen molar-refractivity contribution in [3.8, 4) is 0 Å². The first-order valence-electron chi connectivity index (χ1n) is 5.54. The van der Waals surface area contributed by atoms with E-state index >= 15 is 0 Å². The molecule has 1 heterocycles. The van der Waals surface area contributed by atoms with Crippen LogP contribution in [0.5, 0.6) is 0 Å². The van der Waals surface area contributed by atoms with Crippen LogP contribution in [0.2, 0.25) is 0 Å². The number of ether oxygens (including phenoxy) is 1. The van der Waals surface area contributed by atoms with E-state index in [1.54, 1.807) is 0 Å². The van der Waals surface area contributed by atoms with Gasteiger partial charge >= 0.3 is 6.18 Å². The second-order valence-corrected chi connectivity index (χ2v) is 3.92. The van der Waals surface area contributed by atoms with Crippen molar-refractivity contribution in [1.82, 2.24) is 15.5 Å². The highest BCUT2D eigenvalue weighted by Crippen LogP contribution is 2.14. The third-order valence-electron chi connectivity index (χ3n) is 2.22. The molecule has 1 aromatic heterocycles. The highest BCUT2D eigenvalue weighted by Gasteiger charge is 2.27. The number of rotatable bonds is 7. The van der Waals surface area contributed by atoms with Gasteiger partial charge in [-0.2, -0.15) is 18.2 Å². The fourth-order valence-corrected chi connectivity index (χ4v) is 1.19. The molecule has 0 amide bonds. The van der Waals surface area contributed by atoms with E-state index < -0.39 is 12.8 Å². The summed E-state index contributed by atoms with van der Waals surface area (Å²) >= 11 is 0. The number of likely N-dealkylation sites (N-methyl/N-ethyl adjacent to an activating group) is 1. The van der Waals surface area contributed by atoms with Crippen molar-refractivity contribution in [1.29, 1.82) is 0 Å². The summed E-state index contributed by atoms with van der Waals surface area (Å²) in [6, 6.07) is 0.194. The van der Waals surface area contributed by atoms with E-state index in [0.717, 1.165) is 0 Å². The Morgan fingerprint density at radius 1 is 1.44 bits per heavy atom. The molecule has 1 atom stereocenters. The quantitative estimate of drug-likeness (QED) is 0.755. The first-order chi connectivity index (χ1) is 8.40. The van der Waals surface area contributed by atoms with E-state index in [-0.39, 0.29) is 19.1 Å². The molecule has 1 rings (SSSR count). The second-order valence-electron chi connectivity index (χ2n) is 3.92. The minimum atomic E-state index is -4.30. The first kappa shape index (κ1) is 14.9. The van der Waals surface area contributed by atoms with Gasteiger partial charge in [0, 0.05) is 18.9 Å². The molecular weight excluding hydrogens is 251 g/mol. The van der Waals surface area contributed by atoms with Crippen molar-refractivity contribution in [2.75, 3.05) is 20.3 Å². The Labute approximate surface area is 103 Å². The lowest BCUT2D eigenvalue weighted by Gasteiger charge is -2.05. The molecule has 1 unspecified atom stereocenters. The number of halogens is 3. The van der Waals surface area contributed by atoms with Gasteiger partial charge in [0.2, 0.25) is 5.89 Å². The van der Waals surface area contributed by atoms with Crippen LogP contribution < -0.4 is 5.32 Å². The molecule has 0 saturated carbocycles. The van der Waals surface area contributed by atoms with Crippen molar-refractivity contribution >= 4 is 0 Å². The van der Waals surface area contributed by atoms with Gasteiger partial charge in [-0.15, -0.1) is 0 Å². The Morgan fingerprint density at radius 2 is 2.17 bits per heavy atom.